The Labute approximate surface area is 173 Å². The summed E-state index contributed by atoms with van der Waals surface area (Å²) in [6.45, 7) is 5.36. The number of para-hydroxylation sites is 1. The van der Waals surface area contributed by atoms with Crippen molar-refractivity contribution in [1.29, 1.82) is 0 Å². The summed E-state index contributed by atoms with van der Waals surface area (Å²) in [4.78, 5) is 30.5. The van der Waals surface area contributed by atoms with Gasteiger partial charge in [0.1, 0.15) is 22.6 Å². The zero-order chi connectivity index (χ0) is 21.5. The van der Waals surface area contributed by atoms with Gasteiger partial charge in [-0.05, 0) is 63.8 Å². The van der Waals surface area contributed by atoms with E-state index >= 15 is 0 Å². The SMILES string of the molecule is CC(C)(C)OC(=O)N[C@H](c1nc2cccc(F)c2c(=O)n1-c1ccccc1)C1CC1. The lowest BCUT2D eigenvalue weighted by Gasteiger charge is -2.25. The number of ether oxygens (including phenoxy) is 1. The van der Waals surface area contributed by atoms with Crippen LogP contribution < -0.4 is 10.9 Å². The number of aromatic nitrogens is 2. The molecule has 0 aliphatic heterocycles. The lowest BCUT2D eigenvalue weighted by Crippen LogP contribution is -2.39. The second kappa shape index (κ2) is 7.55. The molecule has 1 saturated carbocycles. The molecule has 7 heteroatoms. The van der Waals surface area contributed by atoms with Crippen molar-refractivity contribution in [2.24, 2.45) is 5.92 Å². The van der Waals surface area contributed by atoms with Crippen LogP contribution in [0, 0.1) is 11.7 Å². The highest BCUT2D eigenvalue weighted by atomic mass is 19.1. The van der Waals surface area contributed by atoms with E-state index in [2.05, 4.69) is 10.3 Å². The van der Waals surface area contributed by atoms with Gasteiger partial charge < -0.3 is 10.1 Å². The number of amides is 1. The van der Waals surface area contributed by atoms with Crippen LogP contribution in [0.5, 0.6) is 0 Å². The quantitative estimate of drug-likeness (QED) is 0.689. The predicted molar refractivity (Wildman–Crippen MR) is 112 cm³/mol. The normalized spacial score (nSPS) is 15.1. The summed E-state index contributed by atoms with van der Waals surface area (Å²) < 4.78 is 21.3. The lowest BCUT2D eigenvalue weighted by atomic mass is 10.1. The summed E-state index contributed by atoms with van der Waals surface area (Å²) in [5.74, 6) is -0.118. The summed E-state index contributed by atoms with van der Waals surface area (Å²) in [7, 11) is 0. The molecule has 0 spiro atoms. The van der Waals surface area contributed by atoms with E-state index in [0.29, 0.717) is 11.5 Å². The van der Waals surface area contributed by atoms with Crippen molar-refractivity contribution in [2.75, 3.05) is 0 Å². The zero-order valence-corrected chi connectivity index (χ0v) is 17.2. The molecule has 2 aromatic carbocycles. The molecule has 1 fully saturated rings. The molecule has 1 N–H and O–H groups in total. The number of fused-ring (bicyclic) bond motifs is 1. The molecule has 0 radical (unpaired) electrons. The smallest absolute Gasteiger partial charge is 0.408 e. The molecule has 1 heterocycles. The summed E-state index contributed by atoms with van der Waals surface area (Å²) in [5.41, 5.74) is -0.335. The van der Waals surface area contributed by atoms with E-state index in [-0.39, 0.29) is 16.8 Å². The molecule has 6 nitrogen and oxygen atoms in total. The summed E-state index contributed by atoms with van der Waals surface area (Å²) in [5, 5.41) is 2.82. The first kappa shape index (κ1) is 20.1. The van der Waals surface area contributed by atoms with E-state index < -0.39 is 29.1 Å². The fourth-order valence-corrected chi connectivity index (χ4v) is 3.50. The second-order valence-electron chi connectivity index (χ2n) is 8.54. The first-order valence-electron chi connectivity index (χ1n) is 10.0. The molecule has 1 aliphatic carbocycles. The van der Waals surface area contributed by atoms with Gasteiger partial charge in [-0.1, -0.05) is 24.3 Å². The number of hydrogen-bond donors (Lipinski definition) is 1. The second-order valence-corrected chi connectivity index (χ2v) is 8.54. The van der Waals surface area contributed by atoms with Crippen molar-refractivity contribution in [2.45, 2.75) is 45.3 Å². The molecular formula is C23H24FN3O3. The molecule has 1 amide bonds. The number of nitrogens with zero attached hydrogens (tertiary/aromatic N) is 2. The van der Waals surface area contributed by atoms with E-state index in [9.17, 15) is 14.0 Å². The Morgan fingerprint density at radius 2 is 1.87 bits per heavy atom. The van der Waals surface area contributed by atoms with E-state index in [1.165, 1.54) is 16.7 Å². The number of carbonyl (C=O) groups excluding carboxylic acids is 1. The van der Waals surface area contributed by atoms with Gasteiger partial charge in [-0.15, -0.1) is 0 Å². The van der Waals surface area contributed by atoms with E-state index in [1.54, 1.807) is 51.1 Å². The molecule has 30 heavy (non-hydrogen) atoms. The number of nitrogens with one attached hydrogen (secondary N) is 1. The Bertz CT molecular complexity index is 1150. The topological polar surface area (TPSA) is 73.2 Å². The standard InChI is InChI=1S/C23H24FN3O3/c1-23(2,3)30-22(29)26-19(14-12-13-14)20-25-17-11-7-10-16(24)18(17)21(28)27(20)15-8-5-4-6-9-15/h4-11,14,19H,12-13H2,1-3H3,(H,26,29)/t19-/m0/s1. The minimum Gasteiger partial charge on any atom is -0.444 e. The Morgan fingerprint density at radius 3 is 2.50 bits per heavy atom. The van der Waals surface area contributed by atoms with Crippen molar-refractivity contribution >= 4 is 17.0 Å². The van der Waals surface area contributed by atoms with Crippen molar-refractivity contribution < 1.29 is 13.9 Å². The molecule has 0 unspecified atom stereocenters. The zero-order valence-electron chi connectivity index (χ0n) is 17.2. The molecule has 0 bridgehead atoms. The molecule has 1 aliphatic rings. The van der Waals surface area contributed by atoms with Crippen LogP contribution in [0.25, 0.3) is 16.6 Å². The Morgan fingerprint density at radius 1 is 1.17 bits per heavy atom. The van der Waals surface area contributed by atoms with E-state index in [1.807, 2.05) is 6.07 Å². The highest BCUT2D eigenvalue weighted by molar-refractivity contribution is 5.79. The van der Waals surface area contributed by atoms with Crippen LogP contribution in [0.2, 0.25) is 0 Å². The van der Waals surface area contributed by atoms with E-state index in [0.717, 1.165) is 12.8 Å². The third-order valence-electron chi connectivity index (χ3n) is 4.93. The number of halogens is 1. The molecular weight excluding hydrogens is 385 g/mol. The molecule has 1 aromatic heterocycles. The maximum Gasteiger partial charge on any atom is 0.408 e. The lowest BCUT2D eigenvalue weighted by molar-refractivity contribution is 0.0493. The van der Waals surface area contributed by atoms with Gasteiger partial charge in [-0.25, -0.2) is 14.2 Å². The summed E-state index contributed by atoms with van der Waals surface area (Å²) in [6, 6.07) is 12.8. The first-order valence-corrected chi connectivity index (χ1v) is 10.0. The molecule has 156 valence electrons. The van der Waals surface area contributed by atoms with Crippen molar-refractivity contribution in [3.63, 3.8) is 0 Å². The number of alkyl carbamates (subject to hydrolysis) is 1. The molecule has 3 aromatic rings. The molecule has 4 rings (SSSR count). The molecule has 1 atom stereocenters. The van der Waals surface area contributed by atoms with Gasteiger partial charge in [0.25, 0.3) is 5.56 Å². The van der Waals surface area contributed by atoms with Crippen LogP contribution in [0.3, 0.4) is 0 Å². The largest absolute Gasteiger partial charge is 0.444 e. The number of hydrogen-bond acceptors (Lipinski definition) is 4. The maximum absolute atomic E-state index is 14.5. The van der Waals surface area contributed by atoms with Gasteiger partial charge in [-0.2, -0.15) is 0 Å². The number of carbonyl (C=O) groups is 1. The van der Waals surface area contributed by atoms with Crippen molar-refractivity contribution in [3.05, 3.63) is 70.5 Å². The van der Waals surface area contributed by atoms with Gasteiger partial charge in [0.05, 0.1) is 17.2 Å². The Hall–Kier alpha value is -3.22. The van der Waals surface area contributed by atoms with Crippen LogP contribution in [-0.2, 0) is 4.74 Å². The average molecular weight is 409 g/mol. The van der Waals surface area contributed by atoms with Crippen molar-refractivity contribution in [3.8, 4) is 5.69 Å². The van der Waals surface area contributed by atoms with Crippen molar-refractivity contribution in [1.82, 2.24) is 14.9 Å². The fourth-order valence-electron chi connectivity index (χ4n) is 3.50. The minimum atomic E-state index is -0.656. The third-order valence-corrected chi connectivity index (χ3v) is 4.93. The minimum absolute atomic E-state index is 0.0723. The van der Waals surface area contributed by atoms with Gasteiger partial charge in [0.15, 0.2) is 0 Å². The average Bonchev–Trinajstić information content (AvgIpc) is 3.50. The van der Waals surface area contributed by atoms with Crippen LogP contribution >= 0.6 is 0 Å². The third kappa shape index (κ3) is 4.06. The summed E-state index contributed by atoms with van der Waals surface area (Å²) in [6.07, 6.45) is 1.21. The molecule has 0 saturated heterocycles. The monoisotopic (exact) mass is 409 g/mol. The van der Waals surface area contributed by atoms with E-state index in [4.69, 9.17) is 4.74 Å². The van der Waals surface area contributed by atoms with Crippen LogP contribution in [0.15, 0.2) is 53.3 Å². The number of benzene rings is 2. The fraction of sp³-hybridized carbons (Fsp3) is 0.348. The Kier molecular flexibility index (Phi) is 5.05. The van der Waals surface area contributed by atoms with Crippen LogP contribution in [-0.4, -0.2) is 21.2 Å². The van der Waals surface area contributed by atoms with Gasteiger partial charge in [0.2, 0.25) is 0 Å². The Balaban J connectivity index is 1.90. The first-order chi connectivity index (χ1) is 14.2. The predicted octanol–water partition coefficient (Wildman–Crippen LogP) is 4.50. The van der Waals surface area contributed by atoms with Gasteiger partial charge >= 0.3 is 6.09 Å². The van der Waals surface area contributed by atoms with Gasteiger partial charge in [-0.3, -0.25) is 9.36 Å². The summed E-state index contributed by atoms with van der Waals surface area (Å²) >= 11 is 0. The van der Waals surface area contributed by atoms with Gasteiger partial charge in [0, 0.05) is 0 Å². The van der Waals surface area contributed by atoms with Crippen LogP contribution in [0.1, 0.15) is 45.5 Å². The highest BCUT2D eigenvalue weighted by Gasteiger charge is 2.38. The number of rotatable bonds is 4. The maximum atomic E-state index is 14.5. The highest BCUT2D eigenvalue weighted by Crippen LogP contribution is 2.41. The van der Waals surface area contributed by atoms with Crippen LogP contribution in [0.4, 0.5) is 9.18 Å².